The monoisotopic (exact) mass is 407 g/mol. The van der Waals surface area contributed by atoms with Crippen molar-refractivity contribution in [2.75, 3.05) is 0 Å². The van der Waals surface area contributed by atoms with Crippen LogP contribution in [0.25, 0.3) is 0 Å². The van der Waals surface area contributed by atoms with E-state index in [9.17, 15) is 45.0 Å². The number of hydrogen-bond acceptors (Lipinski definition) is 9. The fraction of sp³-hybridized carbons (Fsp3) is 0.750. The van der Waals surface area contributed by atoms with Gasteiger partial charge in [0.15, 0.2) is 0 Å². The first-order valence-corrected chi connectivity index (χ1v) is 9.69. The molecule has 9 heteroatoms. The Morgan fingerprint density at radius 1 is 1.14 bits per heavy atom. The first-order chi connectivity index (χ1) is 13.3. The number of fused-ring (bicyclic) bond motifs is 3. The lowest BCUT2D eigenvalue weighted by Gasteiger charge is -2.58. The van der Waals surface area contributed by atoms with Gasteiger partial charge in [0.2, 0.25) is 0 Å². The predicted molar refractivity (Wildman–Crippen MR) is 87.7 cm³/mol. The number of carboxylic acid groups (broad SMARTS) is 3. The fourth-order valence-electron chi connectivity index (χ4n) is 7.69. The third-order valence-corrected chi connectivity index (χ3v) is 8.74. The smallest absolute Gasteiger partial charge is 0.0908 e. The van der Waals surface area contributed by atoms with Crippen molar-refractivity contribution in [3.63, 3.8) is 0 Å². The van der Waals surface area contributed by atoms with E-state index in [1.165, 1.54) is 0 Å². The summed E-state index contributed by atoms with van der Waals surface area (Å²) in [4.78, 5) is 37.1. The molecule has 0 aromatic heterocycles. The Bertz CT molecular complexity index is 838. The van der Waals surface area contributed by atoms with E-state index in [1.54, 1.807) is 0 Å². The molecule has 9 atom stereocenters. The van der Waals surface area contributed by atoms with E-state index in [0.29, 0.717) is 5.57 Å². The lowest BCUT2D eigenvalue weighted by molar-refractivity contribution is -0.351. The first kappa shape index (κ1) is 20.3. The van der Waals surface area contributed by atoms with Gasteiger partial charge in [-0.05, 0) is 54.9 Å². The van der Waals surface area contributed by atoms with Gasteiger partial charge in [0, 0.05) is 28.7 Å². The van der Waals surface area contributed by atoms with Gasteiger partial charge < -0.3 is 45.0 Å². The number of hydrogen-bond donors (Lipinski definition) is 3. The predicted octanol–water partition coefficient (Wildman–Crippen LogP) is -3.92. The average molecular weight is 407 g/mol. The highest BCUT2D eigenvalue weighted by atomic mass is 16.4. The van der Waals surface area contributed by atoms with E-state index in [0.717, 1.165) is 6.92 Å². The molecule has 0 aliphatic heterocycles. The second-order valence-corrected chi connectivity index (χ2v) is 9.70. The topological polar surface area (TPSA) is 181 Å². The summed E-state index contributed by atoms with van der Waals surface area (Å²) in [6, 6.07) is 0. The van der Waals surface area contributed by atoms with Gasteiger partial charge in [-0.1, -0.05) is 13.5 Å². The number of carboxylic acids is 3. The number of aliphatic carboxylic acids is 3. The maximum Gasteiger partial charge on any atom is 0.0908 e. The molecule has 9 nitrogen and oxygen atoms in total. The quantitative estimate of drug-likeness (QED) is 0.394. The minimum absolute atomic E-state index is 0.00629. The highest BCUT2D eigenvalue weighted by molar-refractivity contribution is 5.84. The molecular weight excluding hydrogens is 384 g/mol. The maximum atomic E-state index is 12.6. The Balaban J connectivity index is 2.05. The highest BCUT2D eigenvalue weighted by Crippen LogP contribution is 2.77. The largest absolute Gasteiger partial charge is 0.550 e. The summed E-state index contributed by atoms with van der Waals surface area (Å²) >= 11 is 0. The van der Waals surface area contributed by atoms with E-state index >= 15 is 0 Å². The molecule has 4 rings (SSSR count). The van der Waals surface area contributed by atoms with E-state index in [-0.39, 0.29) is 25.7 Å². The van der Waals surface area contributed by atoms with Crippen LogP contribution in [-0.2, 0) is 14.4 Å². The third-order valence-electron chi connectivity index (χ3n) is 8.74. The van der Waals surface area contributed by atoms with Crippen LogP contribution in [0.3, 0.4) is 0 Å². The Morgan fingerprint density at radius 3 is 2.28 bits per heavy atom. The van der Waals surface area contributed by atoms with Crippen LogP contribution < -0.4 is 15.3 Å². The van der Waals surface area contributed by atoms with Gasteiger partial charge in [-0.15, -0.1) is 0 Å². The number of carbonyl (C=O) groups excluding carboxylic acids is 3. The van der Waals surface area contributed by atoms with Crippen molar-refractivity contribution in [3.05, 3.63) is 12.2 Å². The van der Waals surface area contributed by atoms with Gasteiger partial charge in [0.05, 0.1) is 23.8 Å². The van der Waals surface area contributed by atoms with E-state index in [2.05, 4.69) is 6.58 Å². The molecule has 0 aromatic carbocycles. The summed E-state index contributed by atoms with van der Waals surface area (Å²) < 4.78 is 0. The Labute approximate surface area is 166 Å². The molecule has 2 bridgehead atoms. The third kappa shape index (κ3) is 2.03. The van der Waals surface area contributed by atoms with Crippen molar-refractivity contribution in [1.82, 2.24) is 0 Å². The molecule has 4 aliphatic rings. The zero-order valence-electron chi connectivity index (χ0n) is 15.9. The SMILES string of the molecule is C=C1C[C@]23C[C@@]1(O)CC[C@H]2[C@]1(C(=O)[O-])C[C@H](O)[C@H](O)[C@@](C)(C(=O)[O-])[C@H]1[C@@H]3C(=O)[O-]. The molecule has 4 fully saturated rings. The highest BCUT2D eigenvalue weighted by Gasteiger charge is 2.78. The van der Waals surface area contributed by atoms with Crippen molar-refractivity contribution in [1.29, 1.82) is 0 Å². The molecule has 4 aliphatic carbocycles. The summed E-state index contributed by atoms with van der Waals surface area (Å²) in [6.45, 7) is 4.86. The van der Waals surface area contributed by atoms with Crippen molar-refractivity contribution >= 4 is 17.9 Å². The summed E-state index contributed by atoms with van der Waals surface area (Å²) in [5.74, 6) is -9.33. The van der Waals surface area contributed by atoms with Gasteiger partial charge >= 0.3 is 0 Å². The Hall–Kier alpha value is -1.97. The van der Waals surface area contributed by atoms with Crippen molar-refractivity contribution in [2.45, 2.75) is 56.8 Å². The summed E-state index contributed by atoms with van der Waals surface area (Å²) in [6.07, 6.45) is -4.08. The minimum atomic E-state index is -2.38. The fourth-order valence-corrected chi connectivity index (χ4v) is 7.69. The van der Waals surface area contributed by atoms with Crippen molar-refractivity contribution in [3.8, 4) is 0 Å². The molecule has 1 spiro atoms. The molecule has 0 amide bonds. The standard InChI is InChI=1S/C20H26O9/c1-8-5-18-7-19(8,29)4-3-10(18)20(16(27)28)6-9(21)13(22)17(2,15(25)26)12(20)11(18)14(23)24/h9-13,21-22,29H,1,3-7H2,2H3,(H,23,24)(H,25,26)(H,27,28)/p-3/t9-,10+,11+,12+,13-,17-,18-,19-,20+/m0/s1. The number of rotatable bonds is 3. The lowest BCUT2D eigenvalue weighted by Crippen LogP contribution is -2.69. The molecule has 4 saturated carbocycles. The van der Waals surface area contributed by atoms with Gasteiger partial charge in [-0.2, -0.15) is 0 Å². The van der Waals surface area contributed by atoms with Gasteiger partial charge in [0.25, 0.3) is 0 Å². The molecule has 3 N–H and O–H groups in total. The van der Waals surface area contributed by atoms with Crippen molar-refractivity contribution in [2.24, 2.45) is 34.0 Å². The Morgan fingerprint density at radius 2 is 1.76 bits per heavy atom. The Kier molecular flexibility index (Phi) is 3.91. The molecule has 0 saturated heterocycles. The number of aliphatic hydroxyl groups excluding tert-OH is 2. The number of carbonyl (C=O) groups is 3. The first-order valence-electron chi connectivity index (χ1n) is 9.69. The van der Waals surface area contributed by atoms with Crippen LogP contribution in [0.15, 0.2) is 12.2 Å². The molecule has 0 unspecified atom stereocenters. The lowest BCUT2D eigenvalue weighted by atomic mass is 9.50. The number of aliphatic hydroxyl groups is 3. The van der Waals surface area contributed by atoms with E-state index in [1.807, 2.05) is 0 Å². The van der Waals surface area contributed by atoms with Gasteiger partial charge in [0.1, 0.15) is 0 Å². The second-order valence-electron chi connectivity index (χ2n) is 9.70. The molecule has 0 radical (unpaired) electrons. The maximum absolute atomic E-state index is 12.6. The molecule has 0 aromatic rings. The minimum Gasteiger partial charge on any atom is -0.550 e. The molecule has 160 valence electrons. The van der Waals surface area contributed by atoms with Crippen LogP contribution in [-0.4, -0.2) is 51.0 Å². The second kappa shape index (κ2) is 5.59. The van der Waals surface area contributed by atoms with E-state index < -0.39 is 76.1 Å². The average Bonchev–Trinajstić information content (AvgIpc) is 2.97. The van der Waals surface area contributed by atoms with Crippen LogP contribution in [0.5, 0.6) is 0 Å². The van der Waals surface area contributed by atoms with Crippen LogP contribution in [0, 0.1) is 34.0 Å². The summed E-state index contributed by atoms with van der Waals surface area (Å²) in [5.41, 5.74) is -6.75. The molecule has 0 heterocycles. The van der Waals surface area contributed by atoms with Crippen LogP contribution in [0.1, 0.15) is 39.0 Å². The molecule has 29 heavy (non-hydrogen) atoms. The van der Waals surface area contributed by atoms with E-state index in [4.69, 9.17) is 0 Å². The summed E-state index contributed by atoms with van der Waals surface area (Å²) in [7, 11) is 0. The van der Waals surface area contributed by atoms with Gasteiger partial charge in [-0.3, -0.25) is 0 Å². The molecular formula is C20H23O9-3. The van der Waals surface area contributed by atoms with Crippen molar-refractivity contribution < 1.29 is 45.0 Å². The normalized spacial score (nSPS) is 53.2. The van der Waals surface area contributed by atoms with Crippen LogP contribution >= 0.6 is 0 Å². The van der Waals surface area contributed by atoms with Crippen LogP contribution in [0.2, 0.25) is 0 Å². The van der Waals surface area contributed by atoms with Gasteiger partial charge in [-0.25, -0.2) is 0 Å². The summed E-state index contributed by atoms with van der Waals surface area (Å²) in [5, 5.41) is 69.0. The zero-order chi connectivity index (χ0) is 21.7. The van der Waals surface area contributed by atoms with Crippen LogP contribution in [0.4, 0.5) is 0 Å². The zero-order valence-corrected chi connectivity index (χ0v) is 15.9.